The Labute approximate surface area is 120 Å². The number of ether oxygens (including phenoxy) is 1. The lowest BCUT2D eigenvalue weighted by molar-refractivity contribution is -0.133. The van der Waals surface area contributed by atoms with Gasteiger partial charge in [-0.1, -0.05) is 6.07 Å². The van der Waals surface area contributed by atoms with Crippen LogP contribution in [0.3, 0.4) is 0 Å². The molecular formula is C13H16BrNO4. The number of amides is 1. The summed E-state index contributed by atoms with van der Waals surface area (Å²) in [6, 6.07) is 4.71. The molecule has 0 unspecified atom stereocenters. The standard InChI is InChI=1S/C13H16BrNO4/c1-3-15(4-2)11(16)8-19-12-9(13(17)18)6-5-7-10(12)14/h5-7H,3-4,8H2,1-2H3,(H,17,18). The summed E-state index contributed by atoms with van der Waals surface area (Å²) < 4.78 is 5.87. The number of nitrogens with zero attached hydrogens (tertiary/aromatic N) is 1. The van der Waals surface area contributed by atoms with Crippen molar-refractivity contribution < 1.29 is 19.4 Å². The summed E-state index contributed by atoms with van der Waals surface area (Å²) in [5, 5.41) is 9.06. The van der Waals surface area contributed by atoms with Gasteiger partial charge in [0.15, 0.2) is 6.61 Å². The molecule has 1 rings (SSSR count). The number of carboxylic acid groups (broad SMARTS) is 1. The Morgan fingerprint density at radius 3 is 2.47 bits per heavy atom. The van der Waals surface area contributed by atoms with Crippen LogP contribution < -0.4 is 4.74 Å². The molecule has 0 saturated carbocycles. The monoisotopic (exact) mass is 329 g/mol. The minimum atomic E-state index is -1.09. The maximum Gasteiger partial charge on any atom is 0.339 e. The first-order chi connectivity index (χ1) is 9.01. The average molecular weight is 330 g/mol. The molecule has 0 heterocycles. The van der Waals surface area contributed by atoms with Crippen LogP contribution >= 0.6 is 15.9 Å². The van der Waals surface area contributed by atoms with Gasteiger partial charge in [0, 0.05) is 13.1 Å². The second-order valence-electron chi connectivity index (χ2n) is 3.78. The number of para-hydroxylation sites is 1. The molecule has 0 atom stereocenters. The molecule has 0 aliphatic heterocycles. The van der Waals surface area contributed by atoms with E-state index >= 15 is 0 Å². The van der Waals surface area contributed by atoms with Crippen LogP contribution in [-0.2, 0) is 4.79 Å². The zero-order valence-corrected chi connectivity index (χ0v) is 12.4. The molecule has 0 saturated heterocycles. The molecule has 0 bridgehead atoms. The number of halogens is 1. The Hall–Kier alpha value is -1.56. The highest BCUT2D eigenvalue weighted by Crippen LogP contribution is 2.29. The van der Waals surface area contributed by atoms with Crippen LogP contribution in [0.5, 0.6) is 5.75 Å². The fourth-order valence-electron chi connectivity index (χ4n) is 1.63. The normalized spacial score (nSPS) is 10.1. The first kappa shape index (κ1) is 15.5. The fraction of sp³-hybridized carbons (Fsp3) is 0.385. The first-order valence-corrected chi connectivity index (χ1v) is 6.72. The second kappa shape index (κ2) is 7.13. The zero-order valence-electron chi connectivity index (χ0n) is 10.9. The lowest BCUT2D eigenvalue weighted by Crippen LogP contribution is -2.34. The third-order valence-electron chi connectivity index (χ3n) is 2.65. The van der Waals surface area contributed by atoms with Gasteiger partial charge in [-0.05, 0) is 41.9 Å². The van der Waals surface area contributed by atoms with Crippen molar-refractivity contribution in [3.8, 4) is 5.75 Å². The SMILES string of the molecule is CCN(CC)C(=O)COc1c(Br)cccc1C(=O)O. The lowest BCUT2D eigenvalue weighted by atomic mass is 10.2. The first-order valence-electron chi connectivity index (χ1n) is 5.93. The predicted octanol–water partition coefficient (Wildman–Crippen LogP) is 2.39. The third-order valence-corrected chi connectivity index (χ3v) is 3.28. The van der Waals surface area contributed by atoms with Gasteiger partial charge in [-0.25, -0.2) is 4.79 Å². The van der Waals surface area contributed by atoms with E-state index in [1.807, 2.05) is 13.8 Å². The van der Waals surface area contributed by atoms with Crippen molar-refractivity contribution in [1.82, 2.24) is 4.90 Å². The van der Waals surface area contributed by atoms with Crippen molar-refractivity contribution in [2.45, 2.75) is 13.8 Å². The smallest absolute Gasteiger partial charge is 0.339 e. The van der Waals surface area contributed by atoms with Crippen molar-refractivity contribution in [3.63, 3.8) is 0 Å². The Bertz CT molecular complexity index is 472. The largest absolute Gasteiger partial charge is 0.482 e. The summed E-state index contributed by atoms with van der Waals surface area (Å²) >= 11 is 3.22. The van der Waals surface area contributed by atoms with Crippen molar-refractivity contribution in [1.29, 1.82) is 0 Å². The molecule has 5 nitrogen and oxygen atoms in total. The quantitative estimate of drug-likeness (QED) is 0.870. The predicted molar refractivity (Wildman–Crippen MR) is 74.5 cm³/mol. The van der Waals surface area contributed by atoms with E-state index in [2.05, 4.69) is 15.9 Å². The number of benzene rings is 1. The van der Waals surface area contributed by atoms with E-state index in [4.69, 9.17) is 9.84 Å². The van der Waals surface area contributed by atoms with E-state index in [1.54, 1.807) is 17.0 Å². The minimum absolute atomic E-state index is 0.0294. The van der Waals surface area contributed by atoms with Gasteiger partial charge in [-0.2, -0.15) is 0 Å². The van der Waals surface area contributed by atoms with Crippen LogP contribution in [0.1, 0.15) is 24.2 Å². The molecule has 1 amide bonds. The molecule has 19 heavy (non-hydrogen) atoms. The topological polar surface area (TPSA) is 66.8 Å². The van der Waals surface area contributed by atoms with E-state index in [0.717, 1.165) is 0 Å². The molecule has 6 heteroatoms. The maximum absolute atomic E-state index is 11.8. The fourth-order valence-corrected chi connectivity index (χ4v) is 2.11. The second-order valence-corrected chi connectivity index (χ2v) is 4.63. The van der Waals surface area contributed by atoms with E-state index in [9.17, 15) is 9.59 Å². The van der Waals surface area contributed by atoms with Crippen LogP contribution in [0.25, 0.3) is 0 Å². The number of hydrogen-bond donors (Lipinski definition) is 1. The van der Waals surface area contributed by atoms with Gasteiger partial charge in [0.2, 0.25) is 0 Å². The third kappa shape index (κ3) is 3.96. The maximum atomic E-state index is 11.8. The highest BCUT2D eigenvalue weighted by atomic mass is 79.9. The van der Waals surface area contributed by atoms with Gasteiger partial charge in [0.1, 0.15) is 11.3 Å². The van der Waals surface area contributed by atoms with Crippen molar-refractivity contribution >= 4 is 27.8 Å². The number of carbonyl (C=O) groups excluding carboxylic acids is 1. The zero-order chi connectivity index (χ0) is 14.4. The number of rotatable bonds is 6. The summed E-state index contributed by atoms with van der Waals surface area (Å²) in [5.41, 5.74) is 0.0294. The Balaban J connectivity index is 2.83. The van der Waals surface area contributed by atoms with Crippen molar-refractivity contribution in [3.05, 3.63) is 28.2 Å². The number of carbonyl (C=O) groups is 2. The lowest BCUT2D eigenvalue weighted by Gasteiger charge is -2.19. The van der Waals surface area contributed by atoms with Gasteiger partial charge in [0.05, 0.1) is 4.47 Å². The molecule has 0 radical (unpaired) electrons. The summed E-state index contributed by atoms with van der Waals surface area (Å²) in [4.78, 5) is 24.5. The number of hydrogen-bond acceptors (Lipinski definition) is 3. The molecule has 0 aliphatic carbocycles. The summed E-state index contributed by atoms with van der Waals surface area (Å²) in [6.45, 7) is 4.77. The Kier molecular flexibility index (Phi) is 5.82. The van der Waals surface area contributed by atoms with Crippen LogP contribution in [0.15, 0.2) is 22.7 Å². The summed E-state index contributed by atoms with van der Waals surface area (Å²) in [6.07, 6.45) is 0. The number of aromatic carboxylic acids is 1. The molecule has 0 spiro atoms. The molecule has 1 N–H and O–H groups in total. The number of likely N-dealkylation sites (N-methyl/N-ethyl adjacent to an activating group) is 1. The Morgan fingerprint density at radius 2 is 1.95 bits per heavy atom. The molecule has 1 aromatic carbocycles. The van der Waals surface area contributed by atoms with E-state index in [-0.39, 0.29) is 23.8 Å². The highest BCUT2D eigenvalue weighted by molar-refractivity contribution is 9.10. The molecule has 0 aliphatic rings. The highest BCUT2D eigenvalue weighted by Gasteiger charge is 2.17. The van der Waals surface area contributed by atoms with Crippen LogP contribution in [0.2, 0.25) is 0 Å². The van der Waals surface area contributed by atoms with Gasteiger partial charge < -0.3 is 14.7 Å². The summed E-state index contributed by atoms with van der Waals surface area (Å²) in [5.74, 6) is -1.08. The van der Waals surface area contributed by atoms with Gasteiger partial charge in [-0.3, -0.25) is 4.79 Å². The molecule has 0 fully saturated rings. The van der Waals surface area contributed by atoms with E-state index in [1.165, 1.54) is 6.07 Å². The molecule has 0 aromatic heterocycles. The van der Waals surface area contributed by atoms with Crippen LogP contribution in [0.4, 0.5) is 0 Å². The molecule has 104 valence electrons. The Morgan fingerprint density at radius 1 is 1.32 bits per heavy atom. The molecular weight excluding hydrogens is 314 g/mol. The van der Waals surface area contributed by atoms with Gasteiger partial charge in [0.25, 0.3) is 5.91 Å². The summed E-state index contributed by atoms with van der Waals surface area (Å²) in [7, 11) is 0. The average Bonchev–Trinajstić information content (AvgIpc) is 2.38. The van der Waals surface area contributed by atoms with Crippen molar-refractivity contribution in [2.75, 3.05) is 19.7 Å². The minimum Gasteiger partial charge on any atom is -0.482 e. The van der Waals surface area contributed by atoms with Crippen LogP contribution in [0, 0.1) is 0 Å². The molecule has 1 aromatic rings. The van der Waals surface area contributed by atoms with Crippen LogP contribution in [-0.4, -0.2) is 41.6 Å². The van der Waals surface area contributed by atoms with Crippen molar-refractivity contribution in [2.24, 2.45) is 0 Å². The van der Waals surface area contributed by atoms with E-state index in [0.29, 0.717) is 17.6 Å². The van der Waals surface area contributed by atoms with E-state index < -0.39 is 5.97 Å². The number of carboxylic acids is 1. The van der Waals surface area contributed by atoms with Gasteiger partial charge in [-0.15, -0.1) is 0 Å². The van der Waals surface area contributed by atoms with Gasteiger partial charge >= 0.3 is 5.97 Å².